The van der Waals surface area contributed by atoms with E-state index in [1.165, 1.54) is 0 Å². The first-order valence-corrected chi connectivity index (χ1v) is 4.42. The third kappa shape index (κ3) is 9.92. The average molecular weight is 174 g/mol. The number of hydrogen-bond donors (Lipinski definition) is 0. The van der Waals surface area contributed by atoms with Crippen LogP contribution >= 0.6 is 0 Å². The third-order valence-corrected chi connectivity index (χ3v) is 1.11. The highest BCUT2D eigenvalue weighted by Gasteiger charge is 2.12. The second-order valence-electron chi connectivity index (χ2n) is 5.28. The van der Waals surface area contributed by atoms with Gasteiger partial charge in [0.15, 0.2) is 0 Å². The fourth-order valence-corrected chi connectivity index (χ4v) is 0.566. The van der Waals surface area contributed by atoms with Gasteiger partial charge in [-0.1, -0.05) is 20.8 Å². The molecule has 0 rings (SSSR count). The van der Waals surface area contributed by atoms with Crippen LogP contribution in [0.5, 0.6) is 0 Å². The first kappa shape index (κ1) is 11.9. The lowest BCUT2D eigenvalue weighted by molar-refractivity contribution is -0.131. The number of hydrogen-bond acceptors (Lipinski definition) is 2. The first-order valence-electron chi connectivity index (χ1n) is 4.42. The van der Waals surface area contributed by atoms with E-state index in [9.17, 15) is 0 Å². The maximum Gasteiger partial charge on any atom is 0.147 e. The molecule has 0 saturated carbocycles. The molecule has 12 heavy (non-hydrogen) atoms. The Kier molecular flexibility index (Phi) is 4.21. The van der Waals surface area contributed by atoms with Gasteiger partial charge in [0.2, 0.25) is 0 Å². The number of ether oxygens (including phenoxy) is 2. The molecule has 0 N–H and O–H groups in total. The van der Waals surface area contributed by atoms with Gasteiger partial charge < -0.3 is 9.47 Å². The van der Waals surface area contributed by atoms with Gasteiger partial charge in [0.25, 0.3) is 0 Å². The van der Waals surface area contributed by atoms with E-state index in [1.807, 2.05) is 20.8 Å². The smallest absolute Gasteiger partial charge is 0.147 e. The van der Waals surface area contributed by atoms with Crippen molar-refractivity contribution in [3.63, 3.8) is 0 Å². The summed E-state index contributed by atoms with van der Waals surface area (Å²) in [5, 5.41) is 0. The van der Waals surface area contributed by atoms with Crippen LogP contribution in [0.25, 0.3) is 0 Å². The van der Waals surface area contributed by atoms with E-state index < -0.39 is 0 Å². The van der Waals surface area contributed by atoms with Gasteiger partial charge in [-0.2, -0.15) is 0 Å². The second kappa shape index (κ2) is 4.24. The standard InChI is InChI=1S/C10H22O2/c1-9(2,3)7-11-8-12-10(4,5)6/h7-8H2,1-6H3. The largest absolute Gasteiger partial charge is 0.355 e. The molecule has 0 aromatic carbocycles. The topological polar surface area (TPSA) is 18.5 Å². The lowest BCUT2D eigenvalue weighted by Crippen LogP contribution is -2.23. The highest BCUT2D eigenvalue weighted by molar-refractivity contribution is 4.59. The van der Waals surface area contributed by atoms with Gasteiger partial charge in [0.05, 0.1) is 12.2 Å². The van der Waals surface area contributed by atoms with Crippen LogP contribution in [0.1, 0.15) is 41.5 Å². The quantitative estimate of drug-likeness (QED) is 0.484. The van der Waals surface area contributed by atoms with Crippen LogP contribution < -0.4 is 0 Å². The molecular weight excluding hydrogens is 152 g/mol. The zero-order chi connectivity index (χ0) is 9.83. The van der Waals surface area contributed by atoms with E-state index in [0.717, 1.165) is 6.61 Å². The van der Waals surface area contributed by atoms with Crippen molar-refractivity contribution in [2.45, 2.75) is 47.1 Å². The van der Waals surface area contributed by atoms with Crippen molar-refractivity contribution in [3.05, 3.63) is 0 Å². The van der Waals surface area contributed by atoms with Crippen LogP contribution in [0, 0.1) is 5.41 Å². The van der Waals surface area contributed by atoms with Crippen molar-refractivity contribution in [2.75, 3.05) is 13.4 Å². The summed E-state index contributed by atoms with van der Waals surface area (Å²) in [7, 11) is 0. The van der Waals surface area contributed by atoms with E-state index in [1.54, 1.807) is 0 Å². The van der Waals surface area contributed by atoms with Crippen LogP contribution in [-0.2, 0) is 9.47 Å². The van der Waals surface area contributed by atoms with E-state index in [2.05, 4.69) is 20.8 Å². The van der Waals surface area contributed by atoms with Crippen LogP contribution in [-0.4, -0.2) is 19.0 Å². The highest BCUT2D eigenvalue weighted by atomic mass is 16.7. The van der Waals surface area contributed by atoms with Crippen molar-refractivity contribution in [3.8, 4) is 0 Å². The van der Waals surface area contributed by atoms with E-state index in [-0.39, 0.29) is 11.0 Å². The molecular formula is C10H22O2. The normalized spacial score (nSPS) is 13.5. The van der Waals surface area contributed by atoms with Crippen LogP contribution in [0.3, 0.4) is 0 Å². The van der Waals surface area contributed by atoms with Crippen molar-refractivity contribution in [2.24, 2.45) is 5.41 Å². The Morgan fingerprint density at radius 2 is 1.42 bits per heavy atom. The molecule has 2 nitrogen and oxygen atoms in total. The Bertz CT molecular complexity index is 101. The summed E-state index contributed by atoms with van der Waals surface area (Å²) in [5.41, 5.74) is 0.124. The minimum Gasteiger partial charge on any atom is -0.355 e. The maximum atomic E-state index is 5.40. The monoisotopic (exact) mass is 174 g/mol. The molecule has 0 radical (unpaired) electrons. The minimum absolute atomic E-state index is 0.0993. The molecule has 0 heterocycles. The SMILES string of the molecule is CC(C)(C)COCOC(C)(C)C. The molecule has 0 fully saturated rings. The fraction of sp³-hybridized carbons (Fsp3) is 1.00. The van der Waals surface area contributed by atoms with E-state index >= 15 is 0 Å². The number of rotatable bonds is 3. The molecule has 2 heteroatoms. The molecule has 0 aliphatic rings. The lowest BCUT2D eigenvalue weighted by atomic mass is 9.99. The van der Waals surface area contributed by atoms with Gasteiger partial charge >= 0.3 is 0 Å². The Morgan fingerprint density at radius 1 is 0.917 bits per heavy atom. The molecule has 0 unspecified atom stereocenters. The Labute approximate surface area is 76.3 Å². The summed E-state index contributed by atoms with van der Waals surface area (Å²) >= 11 is 0. The van der Waals surface area contributed by atoms with Crippen molar-refractivity contribution >= 4 is 0 Å². The summed E-state index contributed by atoms with van der Waals surface area (Å²) < 4.78 is 10.8. The fourth-order valence-electron chi connectivity index (χ4n) is 0.566. The zero-order valence-corrected chi connectivity index (χ0v) is 9.23. The zero-order valence-electron chi connectivity index (χ0n) is 9.23. The molecule has 0 spiro atoms. The summed E-state index contributed by atoms with van der Waals surface area (Å²) in [6.07, 6.45) is 0. The van der Waals surface area contributed by atoms with Crippen LogP contribution in [0.2, 0.25) is 0 Å². The van der Waals surface area contributed by atoms with Gasteiger partial charge in [-0.25, -0.2) is 0 Å². The van der Waals surface area contributed by atoms with Crippen molar-refractivity contribution < 1.29 is 9.47 Å². The maximum absolute atomic E-state index is 5.40. The van der Waals surface area contributed by atoms with Crippen LogP contribution in [0.4, 0.5) is 0 Å². The molecule has 0 aliphatic heterocycles. The predicted octanol–water partition coefficient (Wildman–Crippen LogP) is 2.82. The van der Waals surface area contributed by atoms with Gasteiger partial charge in [-0.05, 0) is 26.2 Å². The van der Waals surface area contributed by atoms with Crippen molar-refractivity contribution in [1.82, 2.24) is 0 Å². The summed E-state index contributed by atoms with van der Waals surface area (Å²) in [6.45, 7) is 13.6. The minimum atomic E-state index is -0.0993. The molecule has 0 bridgehead atoms. The molecule has 74 valence electrons. The Hall–Kier alpha value is -0.0800. The molecule has 0 aromatic heterocycles. The Balaban J connectivity index is 3.35. The second-order valence-corrected chi connectivity index (χ2v) is 5.28. The third-order valence-electron chi connectivity index (χ3n) is 1.11. The summed E-state index contributed by atoms with van der Waals surface area (Å²) in [5.74, 6) is 0. The predicted molar refractivity (Wildman–Crippen MR) is 51.1 cm³/mol. The molecule has 0 aromatic rings. The van der Waals surface area contributed by atoms with E-state index in [4.69, 9.17) is 9.47 Å². The summed E-state index contributed by atoms with van der Waals surface area (Å²) in [4.78, 5) is 0. The van der Waals surface area contributed by atoms with Gasteiger partial charge in [-0.15, -0.1) is 0 Å². The van der Waals surface area contributed by atoms with Gasteiger partial charge in [0, 0.05) is 0 Å². The van der Waals surface area contributed by atoms with Gasteiger partial charge in [0.1, 0.15) is 6.79 Å². The average Bonchev–Trinajstić information content (AvgIpc) is 1.76. The molecule has 0 atom stereocenters. The van der Waals surface area contributed by atoms with Gasteiger partial charge in [-0.3, -0.25) is 0 Å². The summed E-state index contributed by atoms with van der Waals surface area (Å²) in [6, 6.07) is 0. The van der Waals surface area contributed by atoms with Crippen molar-refractivity contribution in [1.29, 1.82) is 0 Å². The lowest BCUT2D eigenvalue weighted by Gasteiger charge is -2.22. The molecule has 0 amide bonds. The Morgan fingerprint density at radius 3 is 1.75 bits per heavy atom. The molecule has 0 aliphatic carbocycles. The van der Waals surface area contributed by atoms with Crippen LogP contribution in [0.15, 0.2) is 0 Å². The highest BCUT2D eigenvalue weighted by Crippen LogP contribution is 2.13. The first-order chi connectivity index (χ1) is 5.21. The van der Waals surface area contributed by atoms with E-state index in [0.29, 0.717) is 6.79 Å². The molecule has 0 saturated heterocycles.